The van der Waals surface area contributed by atoms with Gasteiger partial charge in [-0.3, -0.25) is 14.4 Å². The number of aromatic hydroxyl groups is 1. The number of carboxylic acids is 1. The molecule has 0 spiro atoms. The number of para-hydroxylation sites is 1. The number of H-pyrrole nitrogens is 1. The third-order valence-corrected chi connectivity index (χ3v) is 5.76. The van der Waals surface area contributed by atoms with Crippen LogP contribution in [0.2, 0.25) is 0 Å². The molecule has 3 atom stereocenters. The molecule has 1 aromatic carbocycles. The predicted molar refractivity (Wildman–Crippen MR) is 133 cm³/mol. The first-order valence-electron chi connectivity index (χ1n) is 11.6. The van der Waals surface area contributed by atoms with E-state index in [2.05, 4.69) is 15.6 Å². The molecule has 0 saturated carbocycles. The van der Waals surface area contributed by atoms with Crippen LogP contribution in [0.3, 0.4) is 0 Å². The van der Waals surface area contributed by atoms with E-state index >= 15 is 0 Å². The standard InChI is InChI=1S/C25H31N5O6/c1-14(2)9-17(26)23(33)28-19(10-15-11-27-18-6-4-3-5-16(15)18)24(34)29-20(25(35)36)12-30-8-7-21(31)22(32)13-30/h3-8,11,13-14,17,19-20,27,32H,9-10,12,26H2,1-2H3,(H,28,33)(H,29,34)(H,35,36)/t17-,19-,20?/m0/s1. The van der Waals surface area contributed by atoms with E-state index in [9.17, 15) is 29.4 Å². The van der Waals surface area contributed by atoms with Crippen LogP contribution in [-0.4, -0.2) is 55.7 Å². The van der Waals surface area contributed by atoms with Crippen molar-refractivity contribution in [2.75, 3.05) is 0 Å². The summed E-state index contributed by atoms with van der Waals surface area (Å²) in [6.45, 7) is 3.60. The van der Waals surface area contributed by atoms with Gasteiger partial charge >= 0.3 is 5.97 Å². The second-order valence-corrected chi connectivity index (χ2v) is 9.15. The average molecular weight is 498 g/mol. The first kappa shape index (κ1) is 26.5. The van der Waals surface area contributed by atoms with Gasteiger partial charge in [0, 0.05) is 42.0 Å². The third-order valence-electron chi connectivity index (χ3n) is 5.76. The van der Waals surface area contributed by atoms with E-state index in [4.69, 9.17) is 5.73 Å². The topological polar surface area (TPSA) is 180 Å². The predicted octanol–water partition coefficient (Wildman–Crippen LogP) is 0.706. The number of carbonyl (C=O) groups excluding carboxylic acids is 2. The zero-order valence-corrected chi connectivity index (χ0v) is 20.1. The lowest BCUT2D eigenvalue weighted by molar-refractivity contribution is -0.142. The van der Waals surface area contributed by atoms with E-state index in [1.807, 2.05) is 38.1 Å². The molecule has 0 aliphatic heterocycles. The quantitative estimate of drug-likeness (QED) is 0.226. The summed E-state index contributed by atoms with van der Waals surface area (Å²) in [5, 5.41) is 25.3. The number of aromatic amines is 1. The first-order valence-corrected chi connectivity index (χ1v) is 11.6. The number of aliphatic carboxylic acids is 1. The first-order chi connectivity index (χ1) is 17.0. The molecule has 2 heterocycles. The van der Waals surface area contributed by atoms with E-state index < -0.39 is 47.1 Å². The monoisotopic (exact) mass is 497 g/mol. The summed E-state index contributed by atoms with van der Waals surface area (Å²) >= 11 is 0. The Morgan fingerprint density at radius 1 is 1.08 bits per heavy atom. The fraction of sp³-hybridized carbons (Fsp3) is 0.360. The molecule has 11 heteroatoms. The van der Waals surface area contributed by atoms with Gasteiger partial charge in [-0.25, -0.2) is 4.79 Å². The second kappa shape index (κ2) is 11.5. The number of nitrogens with zero attached hydrogens (tertiary/aromatic N) is 1. The van der Waals surface area contributed by atoms with Gasteiger partial charge in [-0.05, 0) is 24.0 Å². The summed E-state index contributed by atoms with van der Waals surface area (Å²) in [5.41, 5.74) is 7.02. The maximum absolute atomic E-state index is 13.3. The zero-order valence-electron chi connectivity index (χ0n) is 20.1. The molecule has 2 amide bonds. The highest BCUT2D eigenvalue weighted by Crippen LogP contribution is 2.19. The molecule has 3 aromatic rings. The van der Waals surface area contributed by atoms with E-state index in [1.165, 1.54) is 10.8 Å². The van der Waals surface area contributed by atoms with Crippen molar-refractivity contribution < 1.29 is 24.6 Å². The number of nitrogens with two attached hydrogens (primary N) is 1. The lowest BCUT2D eigenvalue weighted by Crippen LogP contribution is -2.56. The van der Waals surface area contributed by atoms with Gasteiger partial charge in [0.25, 0.3) is 0 Å². The number of carboxylic acid groups (broad SMARTS) is 1. The van der Waals surface area contributed by atoms with E-state index in [0.29, 0.717) is 6.42 Å². The van der Waals surface area contributed by atoms with Crippen molar-refractivity contribution in [1.82, 2.24) is 20.2 Å². The molecular weight excluding hydrogens is 466 g/mol. The van der Waals surface area contributed by atoms with Gasteiger partial charge < -0.3 is 36.1 Å². The maximum atomic E-state index is 13.3. The summed E-state index contributed by atoms with van der Waals surface area (Å²) in [6, 6.07) is 5.24. The summed E-state index contributed by atoms with van der Waals surface area (Å²) in [6.07, 6.45) is 4.64. The molecule has 192 valence electrons. The number of hydrogen-bond acceptors (Lipinski definition) is 6. The van der Waals surface area contributed by atoms with Gasteiger partial charge in [0.15, 0.2) is 5.75 Å². The lowest BCUT2D eigenvalue weighted by Gasteiger charge is -2.24. The molecule has 0 aliphatic carbocycles. The van der Waals surface area contributed by atoms with Crippen LogP contribution in [0.25, 0.3) is 10.9 Å². The van der Waals surface area contributed by atoms with Crippen LogP contribution in [-0.2, 0) is 27.3 Å². The Hall–Kier alpha value is -4.12. The molecule has 3 rings (SSSR count). The summed E-state index contributed by atoms with van der Waals surface area (Å²) in [7, 11) is 0. The fourth-order valence-corrected chi connectivity index (χ4v) is 3.92. The summed E-state index contributed by atoms with van der Waals surface area (Å²) in [5.74, 6) is -2.92. The van der Waals surface area contributed by atoms with E-state index in [-0.39, 0.29) is 18.9 Å². The lowest BCUT2D eigenvalue weighted by atomic mass is 10.0. The molecule has 0 saturated heterocycles. The van der Waals surface area contributed by atoms with Crippen molar-refractivity contribution in [3.63, 3.8) is 0 Å². The number of amides is 2. The molecule has 36 heavy (non-hydrogen) atoms. The fourth-order valence-electron chi connectivity index (χ4n) is 3.92. The molecule has 0 bridgehead atoms. The Labute approximate surface area is 207 Å². The number of rotatable bonds is 11. The van der Waals surface area contributed by atoms with Gasteiger partial charge in [0.1, 0.15) is 12.1 Å². The number of carbonyl (C=O) groups is 3. The van der Waals surface area contributed by atoms with Crippen LogP contribution in [0, 0.1) is 5.92 Å². The molecule has 2 aromatic heterocycles. The van der Waals surface area contributed by atoms with Gasteiger partial charge in [0.05, 0.1) is 12.6 Å². The molecule has 0 aliphatic rings. The van der Waals surface area contributed by atoms with Crippen molar-refractivity contribution >= 4 is 28.7 Å². The Bertz CT molecular complexity index is 1300. The van der Waals surface area contributed by atoms with Crippen molar-refractivity contribution in [1.29, 1.82) is 0 Å². The Kier molecular flexibility index (Phi) is 8.49. The third kappa shape index (κ3) is 6.72. The highest BCUT2D eigenvalue weighted by Gasteiger charge is 2.29. The summed E-state index contributed by atoms with van der Waals surface area (Å²) in [4.78, 5) is 52.5. The van der Waals surface area contributed by atoms with Crippen LogP contribution in [0.5, 0.6) is 5.75 Å². The number of hydrogen-bond donors (Lipinski definition) is 6. The van der Waals surface area contributed by atoms with Crippen LogP contribution < -0.4 is 21.8 Å². The Morgan fingerprint density at radius 3 is 2.44 bits per heavy atom. The number of fused-ring (bicyclic) bond motifs is 1. The smallest absolute Gasteiger partial charge is 0.328 e. The minimum absolute atomic E-state index is 0.0983. The number of benzene rings is 1. The summed E-state index contributed by atoms with van der Waals surface area (Å²) < 4.78 is 1.28. The molecule has 0 fully saturated rings. The van der Waals surface area contributed by atoms with Crippen molar-refractivity contribution in [3.05, 3.63) is 64.7 Å². The molecular formula is C25H31N5O6. The van der Waals surface area contributed by atoms with E-state index in [0.717, 1.165) is 28.7 Å². The Morgan fingerprint density at radius 2 is 1.78 bits per heavy atom. The Balaban J connectivity index is 1.83. The number of aromatic nitrogens is 2. The van der Waals surface area contributed by atoms with Crippen LogP contribution in [0.4, 0.5) is 0 Å². The van der Waals surface area contributed by atoms with Gasteiger partial charge in [-0.1, -0.05) is 32.0 Å². The zero-order chi connectivity index (χ0) is 26.4. The average Bonchev–Trinajstić information content (AvgIpc) is 3.22. The van der Waals surface area contributed by atoms with Crippen LogP contribution in [0.1, 0.15) is 25.8 Å². The van der Waals surface area contributed by atoms with Gasteiger partial charge in [-0.2, -0.15) is 0 Å². The highest BCUT2D eigenvalue weighted by molar-refractivity contribution is 5.93. The molecule has 0 radical (unpaired) electrons. The highest BCUT2D eigenvalue weighted by atomic mass is 16.4. The van der Waals surface area contributed by atoms with E-state index in [1.54, 1.807) is 6.20 Å². The van der Waals surface area contributed by atoms with Crippen molar-refractivity contribution in [2.24, 2.45) is 11.7 Å². The number of pyridine rings is 1. The van der Waals surface area contributed by atoms with Crippen molar-refractivity contribution in [2.45, 2.75) is 51.4 Å². The molecule has 11 nitrogen and oxygen atoms in total. The van der Waals surface area contributed by atoms with Crippen LogP contribution in [0.15, 0.2) is 53.7 Å². The normalized spacial score (nSPS) is 13.8. The van der Waals surface area contributed by atoms with Crippen LogP contribution >= 0.6 is 0 Å². The molecule has 7 N–H and O–H groups in total. The van der Waals surface area contributed by atoms with Crippen molar-refractivity contribution in [3.8, 4) is 5.75 Å². The van der Waals surface area contributed by atoms with Gasteiger partial charge in [-0.15, -0.1) is 0 Å². The van der Waals surface area contributed by atoms with Gasteiger partial charge in [0.2, 0.25) is 17.2 Å². The SMILES string of the molecule is CC(C)C[C@H](N)C(=O)N[C@@H](Cc1c[nH]c2ccccc12)C(=O)NC(Cn1ccc(=O)c(O)c1)C(=O)O. The minimum atomic E-state index is -1.40. The second-order valence-electron chi connectivity index (χ2n) is 9.15. The largest absolute Gasteiger partial charge is 0.503 e. The molecule has 1 unspecified atom stereocenters. The minimum Gasteiger partial charge on any atom is -0.503 e. The maximum Gasteiger partial charge on any atom is 0.328 e. The number of nitrogens with one attached hydrogen (secondary N) is 3.